The number of rotatable bonds is 5. The molecule has 0 spiro atoms. The van der Waals surface area contributed by atoms with Crippen molar-refractivity contribution in [2.75, 3.05) is 42.9 Å². The standard InChI is InChI=1S/C21H26ClN3O/c1-16(2)17-7-3-5-9-19(17)23-21(26)15-24-11-13-25(14-12-24)20-10-6-4-8-18(20)22/h3-10,16H,11-15H2,1-2H3,(H,23,26). The van der Waals surface area contributed by atoms with Crippen molar-refractivity contribution < 1.29 is 4.79 Å². The van der Waals surface area contributed by atoms with Gasteiger partial charge in [0, 0.05) is 31.9 Å². The molecule has 1 N–H and O–H groups in total. The van der Waals surface area contributed by atoms with Gasteiger partial charge in [-0.25, -0.2) is 0 Å². The molecule has 4 nitrogen and oxygen atoms in total. The van der Waals surface area contributed by atoms with E-state index in [1.165, 1.54) is 5.56 Å². The van der Waals surface area contributed by atoms with Gasteiger partial charge in [-0.1, -0.05) is 55.8 Å². The van der Waals surface area contributed by atoms with Crippen LogP contribution >= 0.6 is 11.6 Å². The minimum Gasteiger partial charge on any atom is -0.368 e. The van der Waals surface area contributed by atoms with E-state index in [9.17, 15) is 4.79 Å². The van der Waals surface area contributed by atoms with Crippen LogP contribution in [0, 0.1) is 0 Å². The maximum atomic E-state index is 12.5. The molecule has 1 aliphatic rings. The van der Waals surface area contributed by atoms with Gasteiger partial charge in [-0.3, -0.25) is 9.69 Å². The highest BCUT2D eigenvalue weighted by atomic mass is 35.5. The molecule has 1 aliphatic heterocycles. The van der Waals surface area contributed by atoms with E-state index in [0.717, 1.165) is 42.6 Å². The molecule has 0 aliphatic carbocycles. The summed E-state index contributed by atoms with van der Waals surface area (Å²) in [5.41, 5.74) is 3.16. The summed E-state index contributed by atoms with van der Waals surface area (Å²) in [5.74, 6) is 0.426. The van der Waals surface area contributed by atoms with Crippen molar-refractivity contribution in [2.45, 2.75) is 19.8 Å². The summed E-state index contributed by atoms with van der Waals surface area (Å²) in [6, 6.07) is 15.9. The molecule has 0 aromatic heterocycles. The third kappa shape index (κ3) is 4.57. The van der Waals surface area contributed by atoms with E-state index < -0.39 is 0 Å². The SMILES string of the molecule is CC(C)c1ccccc1NC(=O)CN1CCN(c2ccccc2Cl)CC1. The second-order valence-electron chi connectivity index (χ2n) is 7.00. The number of piperazine rings is 1. The number of carbonyl (C=O) groups is 1. The number of hydrogen-bond acceptors (Lipinski definition) is 3. The lowest BCUT2D eigenvalue weighted by atomic mass is 10.0. The molecule has 1 saturated heterocycles. The van der Waals surface area contributed by atoms with Crippen molar-refractivity contribution in [3.05, 3.63) is 59.1 Å². The number of nitrogens with one attached hydrogen (secondary N) is 1. The molecule has 5 heteroatoms. The predicted octanol–water partition coefficient (Wildman–Crippen LogP) is 4.22. The normalized spacial score (nSPS) is 15.3. The Kier molecular flexibility index (Phi) is 6.17. The lowest BCUT2D eigenvalue weighted by Gasteiger charge is -2.36. The Morgan fingerprint density at radius 3 is 2.38 bits per heavy atom. The van der Waals surface area contributed by atoms with E-state index in [2.05, 4.69) is 35.0 Å². The van der Waals surface area contributed by atoms with Gasteiger partial charge in [0.15, 0.2) is 0 Å². The number of amides is 1. The molecule has 1 heterocycles. The molecule has 1 fully saturated rings. The quantitative estimate of drug-likeness (QED) is 0.854. The van der Waals surface area contributed by atoms with Crippen LogP contribution in [-0.2, 0) is 4.79 Å². The van der Waals surface area contributed by atoms with Gasteiger partial charge >= 0.3 is 0 Å². The summed E-state index contributed by atoms with van der Waals surface area (Å²) in [7, 11) is 0. The van der Waals surface area contributed by atoms with Crippen LogP contribution in [0.15, 0.2) is 48.5 Å². The maximum Gasteiger partial charge on any atom is 0.238 e. The zero-order valence-electron chi connectivity index (χ0n) is 15.4. The minimum absolute atomic E-state index is 0.0456. The van der Waals surface area contributed by atoms with E-state index in [0.29, 0.717) is 12.5 Å². The van der Waals surface area contributed by atoms with Crippen molar-refractivity contribution in [2.24, 2.45) is 0 Å². The van der Waals surface area contributed by atoms with Crippen molar-refractivity contribution >= 4 is 28.9 Å². The summed E-state index contributed by atoms with van der Waals surface area (Å²) in [5, 5.41) is 3.86. The van der Waals surface area contributed by atoms with E-state index in [1.807, 2.05) is 42.5 Å². The van der Waals surface area contributed by atoms with E-state index in [4.69, 9.17) is 11.6 Å². The summed E-state index contributed by atoms with van der Waals surface area (Å²) < 4.78 is 0. The topological polar surface area (TPSA) is 35.6 Å². The Labute approximate surface area is 160 Å². The third-order valence-electron chi connectivity index (χ3n) is 4.79. The van der Waals surface area contributed by atoms with Gasteiger partial charge < -0.3 is 10.2 Å². The molecule has 0 atom stereocenters. The van der Waals surface area contributed by atoms with Crippen LogP contribution in [0.4, 0.5) is 11.4 Å². The summed E-state index contributed by atoms with van der Waals surface area (Å²) in [6.07, 6.45) is 0. The average Bonchev–Trinajstić information content (AvgIpc) is 2.63. The Bertz CT molecular complexity index is 754. The first kappa shape index (κ1) is 18.7. The van der Waals surface area contributed by atoms with Crippen molar-refractivity contribution in [3.8, 4) is 0 Å². The Balaban J connectivity index is 1.53. The van der Waals surface area contributed by atoms with Crippen molar-refractivity contribution in [1.29, 1.82) is 0 Å². The van der Waals surface area contributed by atoms with E-state index >= 15 is 0 Å². The Hall–Kier alpha value is -2.04. The monoisotopic (exact) mass is 371 g/mol. The maximum absolute atomic E-state index is 12.5. The van der Waals surface area contributed by atoms with Crippen LogP contribution in [0.1, 0.15) is 25.3 Å². The minimum atomic E-state index is 0.0456. The van der Waals surface area contributed by atoms with Crippen LogP contribution < -0.4 is 10.2 Å². The third-order valence-corrected chi connectivity index (χ3v) is 5.11. The van der Waals surface area contributed by atoms with Gasteiger partial charge in [0.2, 0.25) is 5.91 Å². The Morgan fingerprint density at radius 1 is 1.04 bits per heavy atom. The molecule has 3 rings (SSSR count). The van der Waals surface area contributed by atoms with Gasteiger partial charge in [-0.15, -0.1) is 0 Å². The summed E-state index contributed by atoms with van der Waals surface area (Å²) in [6.45, 7) is 8.15. The zero-order valence-corrected chi connectivity index (χ0v) is 16.2. The van der Waals surface area contributed by atoms with E-state index in [-0.39, 0.29) is 5.91 Å². The summed E-state index contributed by atoms with van der Waals surface area (Å²) in [4.78, 5) is 17.0. The van der Waals surface area contributed by atoms with Crippen LogP contribution in [-0.4, -0.2) is 43.5 Å². The molecule has 0 radical (unpaired) electrons. The fourth-order valence-electron chi connectivity index (χ4n) is 3.36. The second kappa shape index (κ2) is 8.56. The number of para-hydroxylation sites is 2. The number of nitrogens with zero attached hydrogens (tertiary/aromatic N) is 2. The molecule has 26 heavy (non-hydrogen) atoms. The fourth-order valence-corrected chi connectivity index (χ4v) is 3.62. The van der Waals surface area contributed by atoms with Crippen LogP contribution in [0.25, 0.3) is 0 Å². The average molecular weight is 372 g/mol. The lowest BCUT2D eigenvalue weighted by Crippen LogP contribution is -2.48. The van der Waals surface area contributed by atoms with Gasteiger partial charge in [-0.05, 0) is 29.7 Å². The molecular weight excluding hydrogens is 346 g/mol. The number of halogens is 1. The molecule has 1 amide bonds. The van der Waals surface area contributed by atoms with Crippen molar-refractivity contribution in [1.82, 2.24) is 4.90 Å². The van der Waals surface area contributed by atoms with Crippen LogP contribution in [0.5, 0.6) is 0 Å². The summed E-state index contributed by atoms with van der Waals surface area (Å²) >= 11 is 6.29. The first-order valence-corrected chi connectivity index (χ1v) is 9.53. The van der Waals surface area contributed by atoms with Crippen molar-refractivity contribution in [3.63, 3.8) is 0 Å². The lowest BCUT2D eigenvalue weighted by molar-refractivity contribution is -0.117. The molecule has 138 valence electrons. The number of benzene rings is 2. The fraction of sp³-hybridized carbons (Fsp3) is 0.381. The highest BCUT2D eigenvalue weighted by Gasteiger charge is 2.20. The molecule has 0 unspecified atom stereocenters. The highest BCUT2D eigenvalue weighted by Crippen LogP contribution is 2.26. The number of anilines is 2. The van der Waals surface area contributed by atoms with Gasteiger partial charge in [0.05, 0.1) is 17.3 Å². The molecule has 0 bridgehead atoms. The number of hydrogen-bond donors (Lipinski definition) is 1. The first-order valence-electron chi connectivity index (χ1n) is 9.15. The molecule has 0 saturated carbocycles. The van der Waals surface area contributed by atoms with Crippen LogP contribution in [0.3, 0.4) is 0 Å². The highest BCUT2D eigenvalue weighted by molar-refractivity contribution is 6.33. The molecular formula is C21H26ClN3O. The largest absolute Gasteiger partial charge is 0.368 e. The Morgan fingerprint density at radius 2 is 1.69 bits per heavy atom. The smallest absolute Gasteiger partial charge is 0.238 e. The van der Waals surface area contributed by atoms with Gasteiger partial charge in [0.1, 0.15) is 0 Å². The number of carbonyl (C=O) groups excluding carboxylic acids is 1. The predicted molar refractivity (Wildman–Crippen MR) is 109 cm³/mol. The van der Waals surface area contributed by atoms with Gasteiger partial charge in [-0.2, -0.15) is 0 Å². The van der Waals surface area contributed by atoms with E-state index in [1.54, 1.807) is 0 Å². The first-order chi connectivity index (χ1) is 12.5. The molecule has 2 aromatic carbocycles. The van der Waals surface area contributed by atoms with Crippen LogP contribution in [0.2, 0.25) is 5.02 Å². The second-order valence-corrected chi connectivity index (χ2v) is 7.41. The molecule has 2 aromatic rings. The van der Waals surface area contributed by atoms with Gasteiger partial charge in [0.25, 0.3) is 0 Å². The zero-order chi connectivity index (χ0) is 18.5.